The van der Waals surface area contributed by atoms with E-state index in [4.69, 9.17) is 4.74 Å². The van der Waals surface area contributed by atoms with E-state index in [1.54, 1.807) is 6.07 Å². The molecule has 0 spiro atoms. The molecule has 1 aromatic rings. The topological polar surface area (TPSA) is 41.6 Å². The molecule has 3 atom stereocenters. The van der Waals surface area contributed by atoms with Crippen LogP contribution >= 0.6 is 0 Å². The van der Waals surface area contributed by atoms with Crippen molar-refractivity contribution >= 4 is 5.91 Å². The van der Waals surface area contributed by atoms with E-state index in [2.05, 4.69) is 10.2 Å². The monoisotopic (exact) mass is 338 g/mol. The number of rotatable bonds is 6. The number of ether oxygens (including phenoxy) is 1. The molecule has 1 heterocycles. The number of hydrogen-bond donors (Lipinski definition) is 1. The lowest BCUT2D eigenvalue weighted by molar-refractivity contribution is -0.123. The third kappa shape index (κ3) is 4.11. The minimum atomic E-state index is -0.850. The van der Waals surface area contributed by atoms with Crippen LogP contribution in [-0.4, -0.2) is 49.7 Å². The van der Waals surface area contributed by atoms with Crippen LogP contribution in [0.25, 0.3) is 0 Å². The molecule has 0 bridgehead atoms. The average molecular weight is 338 g/mol. The summed E-state index contributed by atoms with van der Waals surface area (Å²) in [6.45, 7) is 6.32. The van der Waals surface area contributed by atoms with Gasteiger partial charge in [0, 0.05) is 31.6 Å². The van der Waals surface area contributed by atoms with Crippen molar-refractivity contribution in [2.24, 2.45) is 5.92 Å². The molecule has 1 aromatic carbocycles. The first-order valence-corrected chi connectivity index (χ1v) is 8.60. The first kappa shape index (κ1) is 17.3. The van der Waals surface area contributed by atoms with E-state index in [1.807, 2.05) is 6.92 Å². The van der Waals surface area contributed by atoms with Crippen LogP contribution in [0.4, 0.5) is 8.78 Å². The highest BCUT2D eigenvalue weighted by Gasteiger charge is 2.45. The molecule has 1 aliphatic carbocycles. The normalized spacial score (nSPS) is 25.3. The zero-order valence-corrected chi connectivity index (χ0v) is 13.9. The summed E-state index contributed by atoms with van der Waals surface area (Å²) < 4.78 is 32.4. The fraction of sp³-hybridized carbons (Fsp3) is 0.611. The summed E-state index contributed by atoms with van der Waals surface area (Å²) in [4.78, 5) is 14.6. The van der Waals surface area contributed by atoms with Crippen LogP contribution in [0.2, 0.25) is 0 Å². The predicted octanol–water partition coefficient (Wildman–Crippen LogP) is 2.30. The Labute approximate surface area is 141 Å². The van der Waals surface area contributed by atoms with E-state index in [1.165, 1.54) is 6.07 Å². The highest BCUT2D eigenvalue weighted by atomic mass is 19.2. The van der Waals surface area contributed by atoms with E-state index >= 15 is 0 Å². The molecule has 0 aromatic heterocycles. The lowest BCUT2D eigenvalue weighted by Crippen LogP contribution is -2.41. The summed E-state index contributed by atoms with van der Waals surface area (Å²) in [6.07, 6.45) is 1.46. The van der Waals surface area contributed by atoms with Gasteiger partial charge >= 0.3 is 0 Å². The number of amides is 1. The van der Waals surface area contributed by atoms with Crippen LogP contribution in [0.1, 0.15) is 31.2 Å². The highest BCUT2D eigenvalue weighted by molar-refractivity contribution is 5.83. The molecule has 3 rings (SSSR count). The third-order valence-corrected chi connectivity index (χ3v) is 4.88. The molecule has 1 saturated heterocycles. The number of benzene rings is 1. The lowest BCUT2D eigenvalue weighted by atomic mass is 10.1. The SMILES string of the molecule is C[C@H](CCN1CCOCC1)NC(=O)[C@@H]1C[C@H]1c1cccc(F)c1F. The van der Waals surface area contributed by atoms with Gasteiger partial charge in [-0.25, -0.2) is 8.78 Å². The number of nitrogens with one attached hydrogen (secondary N) is 1. The maximum atomic E-state index is 13.8. The number of nitrogens with zero attached hydrogens (tertiary/aromatic N) is 1. The van der Waals surface area contributed by atoms with Crippen LogP contribution in [0.3, 0.4) is 0 Å². The Kier molecular flexibility index (Phi) is 5.46. The third-order valence-electron chi connectivity index (χ3n) is 4.88. The summed E-state index contributed by atoms with van der Waals surface area (Å²) in [6, 6.07) is 4.23. The number of morpholine rings is 1. The molecule has 6 heteroatoms. The largest absolute Gasteiger partial charge is 0.379 e. The predicted molar refractivity (Wildman–Crippen MR) is 86.7 cm³/mol. The molecule has 1 saturated carbocycles. The summed E-state index contributed by atoms with van der Waals surface area (Å²) >= 11 is 0. The van der Waals surface area contributed by atoms with Crippen molar-refractivity contribution in [1.29, 1.82) is 0 Å². The molecule has 24 heavy (non-hydrogen) atoms. The van der Waals surface area contributed by atoms with E-state index in [-0.39, 0.29) is 23.8 Å². The van der Waals surface area contributed by atoms with Gasteiger partial charge in [0.25, 0.3) is 0 Å². The van der Waals surface area contributed by atoms with Crippen LogP contribution in [0, 0.1) is 17.6 Å². The molecule has 132 valence electrons. The number of halogens is 2. The Morgan fingerprint density at radius 1 is 1.38 bits per heavy atom. The fourth-order valence-electron chi connectivity index (χ4n) is 3.26. The molecule has 1 N–H and O–H groups in total. The van der Waals surface area contributed by atoms with Gasteiger partial charge in [-0.1, -0.05) is 12.1 Å². The Balaban J connectivity index is 1.45. The zero-order valence-electron chi connectivity index (χ0n) is 13.9. The standard InChI is InChI=1S/C18H24F2N2O2/c1-12(5-6-22-7-9-24-10-8-22)21-18(23)15-11-14(15)13-3-2-4-16(19)17(13)20/h2-4,12,14-15H,5-11H2,1H3,(H,21,23)/t12-,14+,15-/m1/s1. The van der Waals surface area contributed by atoms with E-state index < -0.39 is 11.6 Å². The first-order chi connectivity index (χ1) is 11.6. The van der Waals surface area contributed by atoms with Gasteiger partial charge in [0.1, 0.15) is 0 Å². The second kappa shape index (κ2) is 7.57. The second-order valence-electron chi connectivity index (χ2n) is 6.74. The Bertz CT molecular complexity index is 590. The maximum Gasteiger partial charge on any atom is 0.223 e. The van der Waals surface area contributed by atoms with Crippen molar-refractivity contribution in [1.82, 2.24) is 10.2 Å². The van der Waals surface area contributed by atoms with Crippen molar-refractivity contribution in [3.63, 3.8) is 0 Å². The molecule has 1 aliphatic heterocycles. The van der Waals surface area contributed by atoms with Crippen molar-refractivity contribution in [2.45, 2.75) is 31.7 Å². The van der Waals surface area contributed by atoms with Crippen molar-refractivity contribution in [2.75, 3.05) is 32.8 Å². The van der Waals surface area contributed by atoms with Gasteiger partial charge < -0.3 is 10.1 Å². The minimum Gasteiger partial charge on any atom is -0.379 e. The summed E-state index contributed by atoms with van der Waals surface area (Å²) in [7, 11) is 0. The molecule has 0 radical (unpaired) electrons. The van der Waals surface area contributed by atoms with E-state index in [0.717, 1.165) is 45.3 Å². The second-order valence-corrected chi connectivity index (χ2v) is 6.74. The Morgan fingerprint density at radius 2 is 2.12 bits per heavy atom. The summed E-state index contributed by atoms with van der Waals surface area (Å²) in [5, 5.41) is 3.00. The lowest BCUT2D eigenvalue weighted by Gasteiger charge is -2.27. The first-order valence-electron chi connectivity index (χ1n) is 8.60. The van der Waals surface area contributed by atoms with Crippen LogP contribution in [0.15, 0.2) is 18.2 Å². The zero-order chi connectivity index (χ0) is 17.1. The molecule has 2 fully saturated rings. The van der Waals surface area contributed by atoms with Gasteiger partial charge in [-0.05, 0) is 37.3 Å². The molecule has 2 aliphatic rings. The number of carbonyl (C=O) groups is 1. The average Bonchev–Trinajstić information content (AvgIpc) is 3.37. The molecule has 0 unspecified atom stereocenters. The molecular formula is C18H24F2N2O2. The molecule has 1 amide bonds. The van der Waals surface area contributed by atoms with Gasteiger partial charge in [-0.3, -0.25) is 9.69 Å². The molecule has 4 nitrogen and oxygen atoms in total. The van der Waals surface area contributed by atoms with Gasteiger partial charge in [-0.15, -0.1) is 0 Å². The van der Waals surface area contributed by atoms with Crippen LogP contribution in [0.5, 0.6) is 0 Å². The van der Waals surface area contributed by atoms with Gasteiger partial charge in [0.15, 0.2) is 11.6 Å². The van der Waals surface area contributed by atoms with Gasteiger partial charge in [0.05, 0.1) is 13.2 Å². The number of hydrogen-bond acceptors (Lipinski definition) is 3. The van der Waals surface area contributed by atoms with E-state index in [9.17, 15) is 13.6 Å². The minimum absolute atomic E-state index is 0.0573. The Hall–Kier alpha value is -1.53. The smallest absolute Gasteiger partial charge is 0.223 e. The van der Waals surface area contributed by atoms with Crippen LogP contribution < -0.4 is 5.32 Å². The van der Waals surface area contributed by atoms with Crippen molar-refractivity contribution in [3.05, 3.63) is 35.4 Å². The molecular weight excluding hydrogens is 314 g/mol. The van der Waals surface area contributed by atoms with Crippen LogP contribution in [-0.2, 0) is 9.53 Å². The Morgan fingerprint density at radius 3 is 2.88 bits per heavy atom. The fourth-order valence-corrected chi connectivity index (χ4v) is 3.26. The maximum absolute atomic E-state index is 13.8. The van der Waals surface area contributed by atoms with Gasteiger partial charge in [0.2, 0.25) is 5.91 Å². The van der Waals surface area contributed by atoms with Gasteiger partial charge in [-0.2, -0.15) is 0 Å². The summed E-state index contributed by atoms with van der Waals surface area (Å²) in [5.41, 5.74) is 0.316. The summed E-state index contributed by atoms with van der Waals surface area (Å²) in [5.74, 6) is -2.17. The van der Waals surface area contributed by atoms with E-state index in [0.29, 0.717) is 12.0 Å². The van der Waals surface area contributed by atoms with Crippen molar-refractivity contribution in [3.8, 4) is 0 Å². The highest BCUT2D eigenvalue weighted by Crippen LogP contribution is 2.48. The quantitative estimate of drug-likeness (QED) is 0.865. The number of carbonyl (C=O) groups excluding carboxylic acids is 1. The van der Waals surface area contributed by atoms with Crippen molar-refractivity contribution < 1.29 is 18.3 Å².